The Bertz CT molecular complexity index is 663. The fourth-order valence-corrected chi connectivity index (χ4v) is 2.39. The molecule has 2 aromatic rings. The van der Waals surface area contributed by atoms with Gasteiger partial charge in [0.15, 0.2) is 5.03 Å². The van der Waals surface area contributed by atoms with Crippen molar-refractivity contribution in [3.63, 3.8) is 0 Å². The Labute approximate surface area is 115 Å². The number of halogens is 2. The van der Waals surface area contributed by atoms with Crippen molar-refractivity contribution in [3.05, 3.63) is 46.9 Å². The molecule has 0 atom stereocenters. The summed E-state index contributed by atoms with van der Waals surface area (Å²) in [6, 6.07) is 7.30. The lowest BCUT2D eigenvalue weighted by Crippen LogP contribution is -2.00. The predicted molar refractivity (Wildman–Crippen MR) is 70.6 cm³/mol. The second kappa shape index (κ2) is 4.91. The standard InChI is InChI=1S/C11H10Cl2N2O2S/c1-8-14-11(18(13,16)17)7-15(8)6-9-2-4-10(12)5-3-9/h2-5,7H,6H2,1H3. The summed E-state index contributed by atoms with van der Waals surface area (Å²) in [5.74, 6) is 0.587. The summed E-state index contributed by atoms with van der Waals surface area (Å²) in [6.07, 6.45) is 1.42. The Morgan fingerprint density at radius 2 is 1.89 bits per heavy atom. The van der Waals surface area contributed by atoms with Crippen LogP contribution in [0.5, 0.6) is 0 Å². The molecule has 0 radical (unpaired) electrons. The molecule has 96 valence electrons. The van der Waals surface area contributed by atoms with Gasteiger partial charge in [-0.2, -0.15) is 0 Å². The van der Waals surface area contributed by atoms with Crippen LogP contribution in [0.15, 0.2) is 35.5 Å². The summed E-state index contributed by atoms with van der Waals surface area (Å²) in [6.45, 7) is 2.24. The average molecular weight is 305 g/mol. The van der Waals surface area contributed by atoms with Crippen molar-refractivity contribution in [2.75, 3.05) is 0 Å². The number of aromatic nitrogens is 2. The van der Waals surface area contributed by atoms with Crippen molar-refractivity contribution >= 4 is 31.3 Å². The molecule has 0 aliphatic rings. The van der Waals surface area contributed by atoms with E-state index < -0.39 is 9.05 Å². The Morgan fingerprint density at radius 3 is 2.39 bits per heavy atom. The van der Waals surface area contributed by atoms with E-state index in [0.717, 1.165) is 5.56 Å². The zero-order chi connectivity index (χ0) is 13.3. The lowest BCUT2D eigenvalue weighted by atomic mass is 10.2. The van der Waals surface area contributed by atoms with E-state index in [-0.39, 0.29) is 5.03 Å². The van der Waals surface area contributed by atoms with Gasteiger partial charge < -0.3 is 4.57 Å². The van der Waals surface area contributed by atoms with Crippen molar-refractivity contribution in [3.8, 4) is 0 Å². The van der Waals surface area contributed by atoms with Gasteiger partial charge in [-0.3, -0.25) is 0 Å². The molecular formula is C11H10Cl2N2O2S. The topological polar surface area (TPSA) is 52.0 Å². The van der Waals surface area contributed by atoms with E-state index in [2.05, 4.69) is 4.98 Å². The van der Waals surface area contributed by atoms with Crippen molar-refractivity contribution in [1.29, 1.82) is 0 Å². The van der Waals surface area contributed by atoms with Crippen LogP contribution in [-0.2, 0) is 15.6 Å². The highest BCUT2D eigenvalue weighted by Gasteiger charge is 2.15. The van der Waals surface area contributed by atoms with Crippen LogP contribution in [0.1, 0.15) is 11.4 Å². The first-order chi connectivity index (χ1) is 8.36. The van der Waals surface area contributed by atoms with Gasteiger partial charge in [-0.05, 0) is 24.6 Å². The van der Waals surface area contributed by atoms with Crippen molar-refractivity contribution < 1.29 is 8.42 Å². The maximum absolute atomic E-state index is 11.2. The van der Waals surface area contributed by atoms with E-state index in [1.54, 1.807) is 23.6 Å². The Kier molecular flexibility index (Phi) is 3.66. The Morgan fingerprint density at radius 1 is 1.28 bits per heavy atom. The number of benzene rings is 1. The Hall–Kier alpha value is -1.04. The highest BCUT2D eigenvalue weighted by Crippen LogP contribution is 2.16. The smallest absolute Gasteiger partial charge is 0.280 e. The van der Waals surface area contributed by atoms with Crippen LogP contribution in [0.4, 0.5) is 0 Å². The van der Waals surface area contributed by atoms with E-state index in [1.165, 1.54) is 6.20 Å². The van der Waals surface area contributed by atoms with Crippen LogP contribution < -0.4 is 0 Å². The largest absolute Gasteiger partial charge is 0.329 e. The van der Waals surface area contributed by atoms with Gasteiger partial charge in [0, 0.05) is 28.4 Å². The van der Waals surface area contributed by atoms with Crippen LogP contribution in [0.25, 0.3) is 0 Å². The third-order valence-electron chi connectivity index (χ3n) is 2.47. The van der Waals surface area contributed by atoms with Gasteiger partial charge in [0.25, 0.3) is 9.05 Å². The van der Waals surface area contributed by atoms with Crippen LogP contribution in [0.2, 0.25) is 5.02 Å². The molecule has 1 heterocycles. The molecule has 1 aromatic heterocycles. The summed E-state index contributed by atoms with van der Waals surface area (Å²) >= 11 is 5.79. The summed E-state index contributed by atoms with van der Waals surface area (Å²) in [4.78, 5) is 3.91. The minimum atomic E-state index is -3.78. The van der Waals surface area contributed by atoms with Gasteiger partial charge in [0.2, 0.25) is 0 Å². The maximum atomic E-state index is 11.2. The molecule has 0 saturated heterocycles. The molecule has 0 amide bonds. The molecule has 2 rings (SSSR count). The first-order valence-corrected chi connectivity index (χ1v) is 7.78. The van der Waals surface area contributed by atoms with Gasteiger partial charge >= 0.3 is 0 Å². The summed E-state index contributed by atoms with van der Waals surface area (Å²) < 4.78 is 24.1. The number of hydrogen-bond donors (Lipinski definition) is 0. The normalized spacial score (nSPS) is 11.7. The summed E-state index contributed by atoms with van der Waals surface area (Å²) in [5.41, 5.74) is 0.999. The molecule has 1 aromatic carbocycles. The lowest BCUT2D eigenvalue weighted by molar-refractivity contribution is 0.606. The highest BCUT2D eigenvalue weighted by molar-refractivity contribution is 8.13. The van der Waals surface area contributed by atoms with Crippen molar-refractivity contribution in [2.24, 2.45) is 0 Å². The SMILES string of the molecule is Cc1nc(S(=O)(=O)Cl)cn1Cc1ccc(Cl)cc1. The van der Waals surface area contributed by atoms with E-state index in [4.69, 9.17) is 22.3 Å². The molecule has 0 N–H and O–H groups in total. The van der Waals surface area contributed by atoms with Gasteiger partial charge in [-0.25, -0.2) is 13.4 Å². The molecule has 7 heteroatoms. The van der Waals surface area contributed by atoms with Crippen molar-refractivity contribution in [1.82, 2.24) is 9.55 Å². The van der Waals surface area contributed by atoms with Crippen molar-refractivity contribution in [2.45, 2.75) is 18.5 Å². The molecule has 18 heavy (non-hydrogen) atoms. The minimum absolute atomic E-state index is 0.129. The fraction of sp³-hybridized carbons (Fsp3) is 0.182. The third kappa shape index (κ3) is 3.04. The van der Waals surface area contributed by atoms with Crippen LogP contribution in [0, 0.1) is 6.92 Å². The van der Waals surface area contributed by atoms with Gasteiger partial charge in [-0.1, -0.05) is 23.7 Å². The zero-order valence-corrected chi connectivity index (χ0v) is 11.8. The number of hydrogen-bond acceptors (Lipinski definition) is 3. The summed E-state index contributed by atoms with van der Waals surface area (Å²) in [5, 5.41) is 0.528. The molecule has 0 aliphatic carbocycles. The van der Waals surface area contributed by atoms with Gasteiger partial charge in [-0.15, -0.1) is 0 Å². The molecular weight excluding hydrogens is 295 g/mol. The van der Waals surface area contributed by atoms with Gasteiger partial charge in [0.1, 0.15) is 5.82 Å². The maximum Gasteiger partial charge on any atom is 0.280 e. The molecule has 4 nitrogen and oxygen atoms in total. The molecule has 0 saturated carbocycles. The van der Waals surface area contributed by atoms with Gasteiger partial charge in [0.05, 0.1) is 0 Å². The highest BCUT2D eigenvalue weighted by atomic mass is 35.7. The van der Waals surface area contributed by atoms with E-state index in [9.17, 15) is 8.42 Å². The third-order valence-corrected chi connectivity index (χ3v) is 3.89. The number of imidazole rings is 1. The minimum Gasteiger partial charge on any atom is -0.329 e. The predicted octanol–water partition coefficient (Wildman–Crippen LogP) is 2.82. The molecule has 0 fully saturated rings. The number of aryl methyl sites for hydroxylation is 1. The second-order valence-corrected chi connectivity index (χ2v) is 6.77. The van der Waals surface area contributed by atoms with Crippen LogP contribution in [0.3, 0.4) is 0 Å². The van der Waals surface area contributed by atoms with E-state index >= 15 is 0 Å². The number of nitrogens with zero attached hydrogens (tertiary/aromatic N) is 2. The molecule has 0 spiro atoms. The number of rotatable bonds is 3. The second-order valence-electron chi connectivity index (χ2n) is 3.82. The quantitative estimate of drug-likeness (QED) is 0.819. The molecule has 0 unspecified atom stereocenters. The monoisotopic (exact) mass is 304 g/mol. The Balaban J connectivity index is 2.30. The zero-order valence-electron chi connectivity index (χ0n) is 9.47. The lowest BCUT2D eigenvalue weighted by Gasteiger charge is -2.04. The molecule has 0 aliphatic heterocycles. The van der Waals surface area contributed by atoms with E-state index in [0.29, 0.717) is 17.4 Å². The first kappa shape index (κ1) is 13.4. The van der Waals surface area contributed by atoms with Crippen LogP contribution in [-0.4, -0.2) is 18.0 Å². The average Bonchev–Trinajstić information content (AvgIpc) is 2.63. The summed E-state index contributed by atoms with van der Waals surface area (Å²) in [7, 11) is 1.46. The molecule has 0 bridgehead atoms. The fourth-order valence-electron chi connectivity index (χ4n) is 1.54. The van der Waals surface area contributed by atoms with E-state index in [1.807, 2.05) is 12.1 Å². The first-order valence-electron chi connectivity index (χ1n) is 5.09. The van der Waals surface area contributed by atoms with Crippen LogP contribution >= 0.6 is 22.3 Å².